The molecule has 0 amide bonds. The van der Waals surface area contributed by atoms with Gasteiger partial charge < -0.3 is 19.9 Å². The Bertz CT molecular complexity index is 1300. The molecule has 1 N–H and O–H groups in total. The number of nitrogens with zero attached hydrogens (tertiary/aromatic N) is 6. The maximum absolute atomic E-state index is 14.4. The molecule has 3 heterocycles. The van der Waals surface area contributed by atoms with Crippen LogP contribution in [-0.2, 0) is 0 Å². The zero-order chi connectivity index (χ0) is 23.7. The van der Waals surface area contributed by atoms with Crippen LogP contribution in [-0.4, -0.2) is 64.3 Å². The topological polar surface area (TPSA) is 70.8 Å². The summed E-state index contributed by atoms with van der Waals surface area (Å²) in [6.07, 6.45) is 1.55. The fourth-order valence-corrected chi connectivity index (χ4v) is 4.03. The first-order valence-corrected chi connectivity index (χ1v) is 11.2. The van der Waals surface area contributed by atoms with Crippen LogP contribution >= 0.6 is 0 Å². The monoisotopic (exact) mass is 465 g/mol. The summed E-state index contributed by atoms with van der Waals surface area (Å²) >= 11 is 0. The third kappa shape index (κ3) is 4.24. The molecule has 0 saturated carbocycles. The largest absolute Gasteiger partial charge is 0.492 e. The van der Waals surface area contributed by atoms with Crippen molar-refractivity contribution >= 4 is 23.0 Å². The molecule has 1 fully saturated rings. The van der Waals surface area contributed by atoms with Crippen molar-refractivity contribution in [1.82, 2.24) is 24.5 Å². The Morgan fingerprint density at radius 2 is 1.76 bits per heavy atom. The van der Waals surface area contributed by atoms with Gasteiger partial charge in [0, 0.05) is 44.0 Å². The molecule has 0 bridgehead atoms. The number of nitrogens with one attached hydrogen (secondary N) is 1. The Morgan fingerprint density at radius 1 is 1.00 bits per heavy atom. The summed E-state index contributed by atoms with van der Waals surface area (Å²) in [7, 11) is 2.12. The van der Waals surface area contributed by atoms with Crippen molar-refractivity contribution in [2.75, 3.05) is 50.1 Å². The Morgan fingerprint density at radius 3 is 2.50 bits per heavy atom. The Kier molecular flexibility index (Phi) is 5.97. The predicted octanol–water partition coefficient (Wildman–Crippen LogP) is 3.96. The highest BCUT2D eigenvalue weighted by Gasteiger charge is 2.20. The van der Waals surface area contributed by atoms with Crippen LogP contribution in [0.25, 0.3) is 17.0 Å². The van der Waals surface area contributed by atoms with Crippen molar-refractivity contribution in [3.05, 3.63) is 60.3 Å². The second-order valence-electron chi connectivity index (χ2n) is 8.10. The third-order valence-corrected chi connectivity index (χ3v) is 5.80. The number of rotatable bonds is 6. The molecule has 1 aliphatic heterocycles. The molecule has 0 unspecified atom stereocenters. The fraction of sp³-hybridized carbons (Fsp3) is 0.292. The van der Waals surface area contributed by atoms with E-state index in [1.807, 2.05) is 25.1 Å². The lowest BCUT2D eigenvalue weighted by atomic mass is 10.2. The summed E-state index contributed by atoms with van der Waals surface area (Å²) in [4.78, 5) is 13.3. The number of fused-ring (bicyclic) bond motifs is 1. The highest BCUT2D eigenvalue weighted by Crippen LogP contribution is 2.33. The molecule has 34 heavy (non-hydrogen) atoms. The van der Waals surface area contributed by atoms with E-state index < -0.39 is 11.6 Å². The lowest BCUT2D eigenvalue weighted by Crippen LogP contribution is -2.44. The molecule has 1 saturated heterocycles. The number of anilines is 3. The first kappa shape index (κ1) is 22.0. The van der Waals surface area contributed by atoms with Gasteiger partial charge in [-0.2, -0.15) is 14.6 Å². The number of hydrogen-bond donors (Lipinski definition) is 1. The van der Waals surface area contributed by atoms with Crippen LogP contribution in [0.15, 0.2) is 48.7 Å². The molecule has 2 aromatic carbocycles. The number of piperazine rings is 1. The van der Waals surface area contributed by atoms with E-state index in [2.05, 4.69) is 37.2 Å². The van der Waals surface area contributed by atoms with E-state index in [4.69, 9.17) is 4.74 Å². The molecule has 10 heteroatoms. The molecule has 4 aromatic rings. The van der Waals surface area contributed by atoms with Crippen LogP contribution < -0.4 is 15.0 Å². The van der Waals surface area contributed by atoms with Crippen molar-refractivity contribution in [2.24, 2.45) is 0 Å². The van der Waals surface area contributed by atoms with Crippen molar-refractivity contribution < 1.29 is 13.5 Å². The second-order valence-corrected chi connectivity index (χ2v) is 8.10. The zero-order valence-corrected chi connectivity index (χ0v) is 19.0. The molecule has 0 atom stereocenters. The van der Waals surface area contributed by atoms with Crippen LogP contribution in [0.1, 0.15) is 6.92 Å². The average molecular weight is 466 g/mol. The normalized spacial score (nSPS) is 14.5. The van der Waals surface area contributed by atoms with E-state index in [0.717, 1.165) is 37.6 Å². The SMILES string of the molecule is CCOc1cc(Nc2nc(-c3c(F)cccc3F)nc3ccnn23)ccc1N1CCN(C)CC1. The zero-order valence-electron chi connectivity index (χ0n) is 19.0. The molecular weight excluding hydrogens is 440 g/mol. The van der Waals surface area contributed by atoms with Gasteiger partial charge in [0.05, 0.1) is 24.1 Å². The van der Waals surface area contributed by atoms with Crippen LogP contribution in [0, 0.1) is 11.6 Å². The summed E-state index contributed by atoms with van der Waals surface area (Å²) in [5.41, 5.74) is 1.86. The molecule has 1 aliphatic rings. The number of benzene rings is 2. The molecule has 0 aliphatic carbocycles. The van der Waals surface area contributed by atoms with Crippen LogP contribution in [0.4, 0.5) is 26.1 Å². The van der Waals surface area contributed by atoms with E-state index >= 15 is 0 Å². The maximum atomic E-state index is 14.4. The minimum absolute atomic E-state index is 0.0646. The van der Waals surface area contributed by atoms with Gasteiger partial charge >= 0.3 is 0 Å². The molecule has 0 radical (unpaired) electrons. The summed E-state index contributed by atoms with van der Waals surface area (Å²) < 4.78 is 36.3. The van der Waals surface area contributed by atoms with E-state index in [0.29, 0.717) is 17.9 Å². The molecule has 2 aromatic heterocycles. The Hall–Kier alpha value is -3.79. The van der Waals surface area contributed by atoms with E-state index in [1.165, 1.54) is 22.7 Å². The van der Waals surface area contributed by atoms with Crippen LogP contribution in [0.2, 0.25) is 0 Å². The smallest absolute Gasteiger partial charge is 0.232 e. The van der Waals surface area contributed by atoms with Crippen molar-refractivity contribution in [1.29, 1.82) is 0 Å². The first-order chi connectivity index (χ1) is 16.5. The number of aromatic nitrogens is 4. The lowest BCUT2D eigenvalue weighted by Gasteiger charge is -2.35. The van der Waals surface area contributed by atoms with Gasteiger partial charge in [-0.05, 0) is 38.2 Å². The fourth-order valence-electron chi connectivity index (χ4n) is 4.03. The van der Waals surface area contributed by atoms with Crippen molar-refractivity contribution in [3.63, 3.8) is 0 Å². The lowest BCUT2D eigenvalue weighted by molar-refractivity contribution is 0.307. The molecule has 176 valence electrons. The summed E-state index contributed by atoms with van der Waals surface area (Å²) in [6.45, 7) is 6.28. The van der Waals surface area contributed by atoms with Crippen molar-refractivity contribution in [2.45, 2.75) is 6.92 Å². The van der Waals surface area contributed by atoms with Crippen LogP contribution in [0.5, 0.6) is 5.75 Å². The number of ether oxygens (including phenoxy) is 1. The third-order valence-electron chi connectivity index (χ3n) is 5.80. The van der Waals surface area contributed by atoms with Gasteiger partial charge in [0.2, 0.25) is 5.95 Å². The van der Waals surface area contributed by atoms with Gasteiger partial charge in [0.15, 0.2) is 11.5 Å². The summed E-state index contributed by atoms with van der Waals surface area (Å²) in [6, 6.07) is 11.2. The van der Waals surface area contributed by atoms with Gasteiger partial charge in [0.1, 0.15) is 17.4 Å². The van der Waals surface area contributed by atoms with E-state index in [1.54, 1.807) is 12.3 Å². The highest BCUT2D eigenvalue weighted by molar-refractivity contribution is 5.69. The number of halogens is 2. The van der Waals surface area contributed by atoms with Gasteiger partial charge in [0.25, 0.3) is 0 Å². The second kappa shape index (κ2) is 9.22. The summed E-state index contributed by atoms with van der Waals surface area (Å²) in [5.74, 6) is -0.495. The maximum Gasteiger partial charge on any atom is 0.232 e. The standard InChI is InChI=1S/C24H25F2N7O/c1-3-34-20-15-16(7-8-19(20)32-13-11-31(2)12-14-32)28-24-30-23(29-21-9-10-27-33(21)24)22-17(25)5-4-6-18(22)26/h4-10,15H,3,11-14H2,1-2H3,(H,28,29,30). The van der Waals surface area contributed by atoms with E-state index in [9.17, 15) is 8.78 Å². The minimum atomic E-state index is -0.732. The molecule has 0 spiro atoms. The molecule has 8 nitrogen and oxygen atoms in total. The van der Waals surface area contributed by atoms with E-state index in [-0.39, 0.29) is 17.3 Å². The first-order valence-electron chi connectivity index (χ1n) is 11.2. The van der Waals surface area contributed by atoms with Gasteiger partial charge in [-0.25, -0.2) is 13.8 Å². The van der Waals surface area contributed by atoms with Gasteiger partial charge in [-0.1, -0.05) is 6.07 Å². The molecule has 5 rings (SSSR count). The molecular formula is C24H25F2N7O. The Labute approximate surface area is 195 Å². The average Bonchev–Trinajstić information content (AvgIpc) is 3.29. The number of likely N-dealkylation sites (N-methyl/N-ethyl adjacent to an activating group) is 1. The Balaban J connectivity index is 1.51. The van der Waals surface area contributed by atoms with Crippen LogP contribution in [0.3, 0.4) is 0 Å². The minimum Gasteiger partial charge on any atom is -0.492 e. The van der Waals surface area contributed by atoms with Gasteiger partial charge in [-0.3, -0.25) is 0 Å². The highest BCUT2D eigenvalue weighted by atomic mass is 19.1. The quantitative estimate of drug-likeness (QED) is 0.462. The number of hydrogen-bond acceptors (Lipinski definition) is 7. The van der Waals surface area contributed by atoms with Crippen molar-refractivity contribution in [3.8, 4) is 17.1 Å². The van der Waals surface area contributed by atoms with Gasteiger partial charge in [-0.15, -0.1) is 0 Å². The summed E-state index contributed by atoms with van der Waals surface area (Å²) in [5, 5.41) is 7.46. The predicted molar refractivity (Wildman–Crippen MR) is 127 cm³/mol.